The Labute approximate surface area is 129 Å². The Kier molecular flexibility index (Phi) is 4.39. The van der Waals surface area contributed by atoms with Gasteiger partial charge in [-0.15, -0.1) is 11.6 Å². The third kappa shape index (κ3) is 2.88. The zero-order chi connectivity index (χ0) is 14.7. The van der Waals surface area contributed by atoms with E-state index in [4.69, 9.17) is 11.6 Å². The number of halogens is 1. The van der Waals surface area contributed by atoms with Crippen molar-refractivity contribution in [2.45, 2.75) is 31.7 Å². The maximum atomic E-state index is 13.0. The second-order valence-electron chi connectivity index (χ2n) is 5.50. The van der Waals surface area contributed by atoms with Crippen LogP contribution >= 0.6 is 11.6 Å². The third-order valence-electron chi connectivity index (χ3n) is 4.23. The van der Waals surface area contributed by atoms with Crippen molar-refractivity contribution in [3.05, 3.63) is 42.1 Å². The van der Waals surface area contributed by atoms with Crippen molar-refractivity contribution in [2.75, 3.05) is 12.4 Å². The number of benzene rings is 1. The normalized spacial score (nSPS) is 15.5. The fraction of sp³-hybridized carbons (Fsp3) is 0.412. The van der Waals surface area contributed by atoms with Crippen molar-refractivity contribution in [2.24, 2.45) is 0 Å². The van der Waals surface area contributed by atoms with Gasteiger partial charge in [-0.25, -0.2) is 0 Å². The molecule has 0 atom stereocenters. The molecule has 0 bridgehead atoms. The average Bonchev–Trinajstić information content (AvgIpc) is 3.05. The molecule has 3 rings (SSSR count). The van der Waals surface area contributed by atoms with Crippen LogP contribution in [0.25, 0.3) is 10.9 Å². The van der Waals surface area contributed by atoms with Crippen LogP contribution in [-0.4, -0.2) is 34.3 Å². The van der Waals surface area contributed by atoms with Crippen molar-refractivity contribution >= 4 is 28.4 Å². The number of hydrogen-bond donors (Lipinski definition) is 0. The molecular weight excluding hydrogens is 284 g/mol. The lowest BCUT2D eigenvalue weighted by Crippen LogP contribution is -2.40. The molecule has 1 saturated carbocycles. The summed E-state index contributed by atoms with van der Waals surface area (Å²) >= 11 is 5.92. The van der Waals surface area contributed by atoms with Gasteiger partial charge in [0.1, 0.15) is 0 Å². The summed E-state index contributed by atoms with van der Waals surface area (Å²) in [5.74, 6) is 0.562. The first-order valence-corrected chi connectivity index (χ1v) is 8.05. The Morgan fingerprint density at radius 1 is 1.24 bits per heavy atom. The van der Waals surface area contributed by atoms with Crippen LogP contribution in [0.2, 0.25) is 0 Å². The lowest BCUT2D eigenvalue weighted by atomic mass is 10.1. The standard InChI is InChI=1S/C17H19ClN2O/c18-10-12-20(13-5-1-2-6-13)17(21)15-7-3-9-16-14(15)8-4-11-19-16/h3-4,7-9,11,13H,1-2,5-6,10,12H2. The monoisotopic (exact) mass is 302 g/mol. The fourth-order valence-corrected chi connectivity index (χ4v) is 3.38. The molecule has 1 amide bonds. The summed E-state index contributed by atoms with van der Waals surface area (Å²) in [4.78, 5) is 19.3. The minimum atomic E-state index is 0.0844. The number of nitrogens with zero attached hydrogens (tertiary/aromatic N) is 2. The minimum absolute atomic E-state index is 0.0844. The molecule has 4 heteroatoms. The van der Waals surface area contributed by atoms with Gasteiger partial charge in [0.15, 0.2) is 0 Å². The highest BCUT2D eigenvalue weighted by molar-refractivity contribution is 6.18. The summed E-state index contributed by atoms with van der Waals surface area (Å²) in [7, 11) is 0. The molecule has 0 N–H and O–H groups in total. The number of carbonyl (C=O) groups is 1. The quantitative estimate of drug-likeness (QED) is 0.804. The van der Waals surface area contributed by atoms with Crippen molar-refractivity contribution < 1.29 is 4.79 Å². The van der Waals surface area contributed by atoms with Crippen molar-refractivity contribution in [1.82, 2.24) is 9.88 Å². The van der Waals surface area contributed by atoms with E-state index >= 15 is 0 Å². The summed E-state index contributed by atoms with van der Waals surface area (Å²) < 4.78 is 0. The zero-order valence-electron chi connectivity index (χ0n) is 12.0. The number of aromatic nitrogens is 1. The number of fused-ring (bicyclic) bond motifs is 1. The van der Waals surface area contributed by atoms with Crippen LogP contribution in [-0.2, 0) is 0 Å². The molecule has 0 aliphatic heterocycles. The van der Waals surface area contributed by atoms with Crippen LogP contribution in [0, 0.1) is 0 Å². The summed E-state index contributed by atoms with van der Waals surface area (Å²) in [6, 6.07) is 9.90. The van der Waals surface area contributed by atoms with Gasteiger partial charge >= 0.3 is 0 Å². The van der Waals surface area contributed by atoms with E-state index < -0.39 is 0 Å². The van der Waals surface area contributed by atoms with Crippen molar-refractivity contribution in [3.63, 3.8) is 0 Å². The van der Waals surface area contributed by atoms with Gasteiger partial charge in [0.2, 0.25) is 0 Å². The maximum Gasteiger partial charge on any atom is 0.254 e. The van der Waals surface area contributed by atoms with Gasteiger partial charge in [0.25, 0.3) is 5.91 Å². The lowest BCUT2D eigenvalue weighted by Gasteiger charge is -2.28. The largest absolute Gasteiger partial charge is 0.334 e. The van der Waals surface area contributed by atoms with Gasteiger partial charge in [0.05, 0.1) is 5.52 Å². The number of pyridine rings is 1. The molecule has 110 valence electrons. The van der Waals surface area contributed by atoms with Crippen LogP contribution in [0.3, 0.4) is 0 Å². The molecule has 1 aromatic heterocycles. The van der Waals surface area contributed by atoms with Crippen molar-refractivity contribution in [1.29, 1.82) is 0 Å². The van der Waals surface area contributed by atoms with E-state index in [1.54, 1.807) is 6.20 Å². The molecule has 0 radical (unpaired) electrons. The number of amides is 1. The van der Waals surface area contributed by atoms with Gasteiger partial charge in [-0.1, -0.05) is 25.0 Å². The van der Waals surface area contributed by atoms with E-state index in [1.807, 2.05) is 35.2 Å². The molecule has 0 spiro atoms. The molecule has 2 aromatic rings. The highest BCUT2D eigenvalue weighted by Crippen LogP contribution is 2.26. The smallest absolute Gasteiger partial charge is 0.254 e. The van der Waals surface area contributed by atoms with Gasteiger partial charge in [-0.3, -0.25) is 9.78 Å². The van der Waals surface area contributed by atoms with Crippen LogP contribution in [0.1, 0.15) is 36.0 Å². The summed E-state index contributed by atoms with van der Waals surface area (Å²) in [5.41, 5.74) is 1.60. The zero-order valence-corrected chi connectivity index (χ0v) is 12.7. The van der Waals surface area contributed by atoms with E-state index in [9.17, 15) is 4.79 Å². The predicted octanol–water partition coefficient (Wildman–Crippen LogP) is 3.86. The second-order valence-corrected chi connectivity index (χ2v) is 5.88. The highest BCUT2D eigenvalue weighted by atomic mass is 35.5. The molecule has 1 aliphatic rings. The highest BCUT2D eigenvalue weighted by Gasteiger charge is 2.27. The molecule has 0 saturated heterocycles. The van der Waals surface area contributed by atoms with Crippen molar-refractivity contribution in [3.8, 4) is 0 Å². The van der Waals surface area contributed by atoms with Gasteiger partial charge in [-0.05, 0) is 31.0 Å². The SMILES string of the molecule is O=C(c1cccc2ncccc12)N(CCCl)C1CCCC1. The first kappa shape index (κ1) is 14.3. The fourth-order valence-electron chi connectivity index (χ4n) is 3.20. The topological polar surface area (TPSA) is 33.2 Å². The number of alkyl halides is 1. The Hall–Kier alpha value is -1.61. The van der Waals surface area contributed by atoms with Gasteiger partial charge < -0.3 is 4.90 Å². The van der Waals surface area contributed by atoms with Gasteiger partial charge in [0, 0.05) is 35.6 Å². The van der Waals surface area contributed by atoms with E-state index in [1.165, 1.54) is 12.8 Å². The van der Waals surface area contributed by atoms with E-state index in [2.05, 4.69) is 4.98 Å². The van der Waals surface area contributed by atoms with E-state index in [0.29, 0.717) is 18.5 Å². The Bertz CT molecular complexity index is 632. The second kappa shape index (κ2) is 6.44. The average molecular weight is 303 g/mol. The summed E-state index contributed by atoms with van der Waals surface area (Å²) in [6.45, 7) is 0.613. The number of hydrogen-bond acceptors (Lipinski definition) is 2. The maximum absolute atomic E-state index is 13.0. The predicted molar refractivity (Wildman–Crippen MR) is 85.8 cm³/mol. The molecular formula is C17H19ClN2O. The molecule has 0 unspecified atom stereocenters. The lowest BCUT2D eigenvalue weighted by molar-refractivity contribution is 0.0697. The van der Waals surface area contributed by atoms with E-state index in [-0.39, 0.29) is 5.91 Å². The van der Waals surface area contributed by atoms with Crippen LogP contribution < -0.4 is 0 Å². The Balaban J connectivity index is 1.97. The summed E-state index contributed by atoms with van der Waals surface area (Å²) in [6.07, 6.45) is 6.34. The minimum Gasteiger partial charge on any atom is -0.334 e. The Morgan fingerprint density at radius 3 is 2.81 bits per heavy atom. The molecule has 1 aliphatic carbocycles. The van der Waals surface area contributed by atoms with E-state index in [0.717, 1.165) is 29.3 Å². The molecule has 1 heterocycles. The first-order valence-electron chi connectivity index (χ1n) is 7.52. The van der Waals surface area contributed by atoms with Gasteiger partial charge in [-0.2, -0.15) is 0 Å². The van der Waals surface area contributed by atoms with Crippen LogP contribution in [0.5, 0.6) is 0 Å². The number of rotatable bonds is 4. The molecule has 1 aromatic carbocycles. The molecule has 21 heavy (non-hydrogen) atoms. The van der Waals surface area contributed by atoms with Crippen LogP contribution in [0.15, 0.2) is 36.5 Å². The van der Waals surface area contributed by atoms with Crippen LogP contribution in [0.4, 0.5) is 0 Å². The number of carbonyl (C=O) groups excluding carboxylic acids is 1. The summed E-state index contributed by atoms with van der Waals surface area (Å²) in [5, 5.41) is 0.919. The molecule has 3 nitrogen and oxygen atoms in total. The molecule has 1 fully saturated rings. The first-order chi connectivity index (χ1) is 10.3. The Morgan fingerprint density at radius 2 is 2.05 bits per heavy atom. The third-order valence-corrected chi connectivity index (χ3v) is 4.40.